The lowest BCUT2D eigenvalue weighted by molar-refractivity contribution is 0.408. The summed E-state index contributed by atoms with van der Waals surface area (Å²) < 4.78 is 32.3. The van der Waals surface area contributed by atoms with Gasteiger partial charge in [0.05, 0.1) is 4.90 Å². The third kappa shape index (κ3) is 1.68. The van der Waals surface area contributed by atoms with Gasteiger partial charge in [0.1, 0.15) is 10.1 Å². The Kier molecular flexibility index (Phi) is 2.25. The molecule has 0 bridgehead atoms. The van der Waals surface area contributed by atoms with Crippen LogP contribution in [0, 0.1) is 0 Å². The largest absolute Gasteiger partial charge is 0.744 e. The van der Waals surface area contributed by atoms with Gasteiger partial charge in [0.2, 0.25) is 0 Å². The Morgan fingerprint density at radius 2 is 1.75 bits per heavy atom. The summed E-state index contributed by atoms with van der Waals surface area (Å²) in [4.78, 5) is -0.370. The van der Waals surface area contributed by atoms with Crippen molar-refractivity contribution in [2.45, 2.75) is 4.90 Å². The van der Waals surface area contributed by atoms with Gasteiger partial charge in [-0.05, 0) is 29.7 Å². The molecule has 2 aromatic rings. The zero-order chi connectivity index (χ0) is 11.9. The Bertz CT molecular complexity index is 660. The Morgan fingerprint density at radius 1 is 1.06 bits per heavy atom. The van der Waals surface area contributed by atoms with Crippen LogP contribution in [-0.2, 0) is 10.1 Å². The first-order valence-corrected chi connectivity index (χ1v) is 5.71. The standard InChI is InChI=1S/C10H8O5S/c11-9-4-1-6-5-7(16(13,14)15)2-3-8(6)10(9)12/h1-5,11-12H,(H,13,14,15)/p-1. The highest BCUT2D eigenvalue weighted by molar-refractivity contribution is 7.85. The summed E-state index contributed by atoms with van der Waals surface area (Å²) in [5, 5.41) is 19.3. The van der Waals surface area contributed by atoms with Crippen molar-refractivity contribution in [3.63, 3.8) is 0 Å². The molecule has 0 atom stereocenters. The van der Waals surface area contributed by atoms with Gasteiger partial charge in [-0.15, -0.1) is 0 Å². The summed E-state index contributed by atoms with van der Waals surface area (Å²) in [6, 6.07) is 6.15. The normalized spacial score (nSPS) is 11.8. The van der Waals surface area contributed by atoms with E-state index >= 15 is 0 Å². The lowest BCUT2D eigenvalue weighted by Gasteiger charge is -2.09. The van der Waals surface area contributed by atoms with E-state index in [1.165, 1.54) is 18.2 Å². The topological polar surface area (TPSA) is 97.7 Å². The van der Waals surface area contributed by atoms with E-state index in [2.05, 4.69) is 0 Å². The molecule has 0 saturated heterocycles. The van der Waals surface area contributed by atoms with Crippen LogP contribution < -0.4 is 0 Å². The van der Waals surface area contributed by atoms with E-state index in [1.54, 1.807) is 0 Å². The number of phenolic OH excluding ortho intramolecular Hbond substituents is 2. The van der Waals surface area contributed by atoms with Gasteiger partial charge in [-0.2, -0.15) is 0 Å². The number of hydrogen-bond acceptors (Lipinski definition) is 5. The molecule has 6 heteroatoms. The fourth-order valence-electron chi connectivity index (χ4n) is 1.44. The highest BCUT2D eigenvalue weighted by atomic mass is 32.2. The van der Waals surface area contributed by atoms with E-state index in [0.717, 1.165) is 12.1 Å². The lowest BCUT2D eigenvalue weighted by atomic mass is 10.1. The maximum absolute atomic E-state index is 10.8. The van der Waals surface area contributed by atoms with Crippen LogP contribution in [0.2, 0.25) is 0 Å². The number of rotatable bonds is 1. The maximum atomic E-state index is 10.8. The summed E-state index contributed by atoms with van der Waals surface area (Å²) in [6.45, 7) is 0. The molecule has 0 aliphatic rings. The minimum atomic E-state index is -4.51. The SMILES string of the molecule is O=S(=O)([O-])c1ccc2c(O)c(O)ccc2c1. The van der Waals surface area contributed by atoms with Gasteiger partial charge in [-0.25, -0.2) is 8.42 Å². The molecule has 0 aliphatic heterocycles. The minimum Gasteiger partial charge on any atom is -0.744 e. The van der Waals surface area contributed by atoms with E-state index in [4.69, 9.17) is 0 Å². The van der Waals surface area contributed by atoms with Gasteiger partial charge in [-0.3, -0.25) is 0 Å². The van der Waals surface area contributed by atoms with Crippen molar-refractivity contribution >= 4 is 20.9 Å². The molecule has 0 aliphatic carbocycles. The second-order valence-corrected chi connectivity index (χ2v) is 4.65. The van der Waals surface area contributed by atoms with Crippen LogP contribution in [-0.4, -0.2) is 23.2 Å². The Balaban J connectivity index is 2.80. The fourth-order valence-corrected chi connectivity index (χ4v) is 1.94. The average molecular weight is 239 g/mol. The summed E-state index contributed by atoms with van der Waals surface area (Å²) in [5.74, 6) is -0.641. The van der Waals surface area contributed by atoms with Crippen molar-refractivity contribution in [3.8, 4) is 11.5 Å². The summed E-state index contributed by atoms with van der Waals surface area (Å²) >= 11 is 0. The van der Waals surface area contributed by atoms with E-state index < -0.39 is 10.1 Å². The molecular formula is C10H7O5S-. The van der Waals surface area contributed by atoms with E-state index in [9.17, 15) is 23.2 Å². The van der Waals surface area contributed by atoms with Crippen LogP contribution in [0.5, 0.6) is 11.5 Å². The van der Waals surface area contributed by atoms with Crippen LogP contribution in [0.15, 0.2) is 35.2 Å². The van der Waals surface area contributed by atoms with Crippen LogP contribution >= 0.6 is 0 Å². The molecule has 5 nitrogen and oxygen atoms in total. The molecule has 2 aromatic carbocycles. The molecule has 0 radical (unpaired) electrons. The van der Waals surface area contributed by atoms with Crippen molar-refractivity contribution in [2.24, 2.45) is 0 Å². The molecule has 0 aromatic heterocycles. The van der Waals surface area contributed by atoms with E-state index in [-0.39, 0.29) is 21.8 Å². The molecule has 2 rings (SSSR count). The molecule has 0 unspecified atom stereocenters. The highest BCUT2D eigenvalue weighted by Gasteiger charge is 2.07. The summed E-state index contributed by atoms with van der Waals surface area (Å²) in [5.41, 5.74) is 0. The number of phenols is 2. The zero-order valence-electron chi connectivity index (χ0n) is 7.91. The molecule has 0 heterocycles. The lowest BCUT2D eigenvalue weighted by Crippen LogP contribution is -1.97. The number of aromatic hydroxyl groups is 2. The van der Waals surface area contributed by atoms with Crippen LogP contribution in [0.3, 0.4) is 0 Å². The Morgan fingerprint density at radius 3 is 2.38 bits per heavy atom. The van der Waals surface area contributed by atoms with Gasteiger partial charge in [-0.1, -0.05) is 6.07 Å². The van der Waals surface area contributed by atoms with Crippen molar-refractivity contribution in [3.05, 3.63) is 30.3 Å². The zero-order valence-corrected chi connectivity index (χ0v) is 8.73. The minimum absolute atomic E-state index is 0.285. The number of benzene rings is 2. The quantitative estimate of drug-likeness (QED) is 0.574. The van der Waals surface area contributed by atoms with Gasteiger partial charge in [0, 0.05) is 5.39 Å². The van der Waals surface area contributed by atoms with Crippen molar-refractivity contribution in [1.82, 2.24) is 0 Å². The van der Waals surface area contributed by atoms with Crippen LogP contribution in [0.4, 0.5) is 0 Å². The predicted molar refractivity (Wildman–Crippen MR) is 55.2 cm³/mol. The van der Waals surface area contributed by atoms with Gasteiger partial charge in [0.15, 0.2) is 11.5 Å². The third-order valence-electron chi connectivity index (χ3n) is 2.23. The van der Waals surface area contributed by atoms with Crippen molar-refractivity contribution in [1.29, 1.82) is 0 Å². The summed E-state index contributed by atoms with van der Waals surface area (Å²) in [6.07, 6.45) is 0. The van der Waals surface area contributed by atoms with Gasteiger partial charge >= 0.3 is 0 Å². The van der Waals surface area contributed by atoms with Gasteiger partial charge in [0.25, 0.3) is 0 Å². The average Bonchev–Trinajstić information content (AvgIpc) is 2.22. The van der Waals surface area contributed by atoms with E-state index in [0.29, 0.717) is 5.39 Å². The Hall–Kier alpha value is -1.79. The first-order valence-electron chi connectivity index (χ1n) is 4.30. The first-order chi connectivity index (χ1) is 7.39. The van der Waals surface area contributed by atoms with Crippen LogP contribution in [0.1, 0.15) is 0 Å². The molecule has 0 fully saturated rings. The smallest absolute Gasteiger partial charge is 0.165 e. The van der Waals surface area contributed by atoms with E-state index in [1.807, 2.05) is 0 Å². The molecule has 0 saturated carbocycles. The second-order valence-electron chi connectivity index (χ2n) is 3.27. The number of fused-ring (bicyclic) bond motifs is 1. The predicted octanol–water partition coefficient (Wildman–Crippen LogP) is 1.16. The highest BCUT2D eigenvalue weighted by Crippen LogP contribution is 2.34. The molecule has 16 heavy (non-hydrogen) atoms. The third-order valence-corrected chi connectivity index (χ3v) is 3.06. The molecule has 2 N–H and O–H groups in total. The monoisotopic (exact) mass is 239 g/mol. The molecular weight excluding hydrogens is 232 g/mol. The summed E-state index contributed by atoms with van der Waals surface area (Å²) in [7, 11) is -4.51. The maximum Gasteiger partial charge on any atom is 0.165 e. The fraction of sp³-hybridized carbons (Fsp3) is 0. The van der Waals surface area contributed by atoms with Crippen LogP contribution in [0.25, 0.3) is 10.8 Å². The molecule has 0 spiro atoms. The first kappa shape index (κ1) is 10.7. The van der Waals surface area contributed by atoms with Crippen molar-refractivity contribution in [2.75, 3.05) is 0 Å². The Labute approximate surface area is 91.3 Å². The van der Waals surface area contributed by atoms with Gasteiger partial charge < -0.3 is 14.8 Å². The number of hydrogen-bond donors (Lipinski definition) is 2. The second kappa shape index (κ2) is 3.36. The van der Waals surface area contributed by atoms with Crippen molar-refractivity contribution < 1.29 is 23.2 Å². The molecule has 0 amide bonds. The molecule has 84 valence electrons.